The number of sulfone groups is 1. The molecule has 34 heavy (non-hydrogen) atoms. The molecule has 1 atom stereocenters. The van der Waals surface area contributed by atoms with E-state index in [2.05, 4.69) is 41.0 Å². The van der Waals surface area contributed by atoms with E-state index < -0.39 is 30.4 Å². The standard InChI is InChI=1S/C23H35N3O6S2/c1-19-3-5-20(6-4-19)25-15-13-24(14-16-25)10-7-21-17-23(22(27)32-21)8-11-26(12-9-23)34(30,31)18-33(2,28)29/h3-6,21H,7-18H2,1-2H3/t21-/m0/s1. The molecule has 0 aliphatic carbocycles. The number of anilines is 1. The van der Waals surface area contributed by atoms with Crippen LogP contribution in [0.3, 0.4) is 0 Å². The highest BCUT2D eigenvalue weighted by Gasteiger charge is 2.51. The summed E-state index contributed by atoms with van der Waals surface area (Å²) in [4.78, 5) is 17.5. The monoisotopic (exact) mass is 513 g/mol. The number of piperazine rings is 1. The molecule has 3 fully saturated rings. The quantitative estimate of drug-likeness (QED) is 0.502. The molecule has 1 aromatic rings. The molecule has 1 aromatic carbocycles. The minimum Gasteiger partial charge on any atom is -0.462 e. The minimum atomic E-state index is -3.89. The van der Waals surface area contributed by atoms with Crippen LogP contribution in [0.5, 0.6) is 0 Å². The summed E-state index contributed by atoms with van der Waals surface area (Å²) >= 11 is 0. The van der Waals surface area contributed by atoms with E-state index in [4.69, 9.17) is 4.74 Å². The van der Waals surface area contributed by atoms with Crippen molar-refractivity contribution in [2.75, 3.05) is 62.1 Å². The average molecular weight is 514 g/mol. The molecule has 0 unspecified atom stereocenters. The zero-order chi connectivity index (χ0) is 24.6. The summed E-state index contributed by atoms with van der Waals surface area (Å²) in [6, 6.07) is 8.61. The summed E-state index contributed by atoms with van der Waals surface area (Å²) in [6.45, 7) is 7.13. The van der Waals surface area contributed by atoms with Crippen LogP contribution in [-0.2, 0) is 29.4 Å². The number of aryl methyl sites for hydroxylation is 1. The Hall–Kier alpha value is -1.69. The Morgan fingerprint density at radius 3 is 2.18 bits per heavy atom. The van der Waals surface area contributed by atoms with Crippen molar-refractivity contribution in [1.82, 2.24) is 9.21 Å². The van der Waals surface area contributed by atoms with Gasteiger partial charge in [-0.2, -0.15) is 0 Å². The van der Waals surface area contributed by atoms with Crippen molar-refractivity contribution >= 4 is 31.5 Å². The number of nitrogens with zero attached hydrogens (tertiary/aromatic N) is 3. The van der Waals surface area contributed by atoms with E-state index in [-0.39, 0.29) is 25.2 Å². The van der Waals surface area contributed by atoms with Crippen molar-refractivity contribution in [3.05, 3.63) is 29.8 Å². The van der Waals surface area contributed by atoms with Crippen LogP contribution in [0.4, 0.5) is 5.69 Å². The Labute approximate surface area is 203 Å². The number of hydrogen-bond acceptors (Lipinski definition) is 8. The van der Waals surface area contributed by atoms with Crippen LogP contribution in [-0.4, -0.2) is 95.3 Å². The molecule has 3 aliphatic rings. The van der Waals surface area contributed by atoms with Gasteiger partial charge in [0.25, 0.3) is 0 Å². The van der Waals surface area contributed by atoms with Gasteiger partial charge in [0.05, 0.1) is 5.41 Å². The van der Waals surface area contributed by atoms with Crippen molar-refractivity contribution in [2.45, 2.75) is 38.7 Å². The number of benzene rings is 1. The fraction of sp³-hybridized carbons (Fsp3) is 0.696. The fourth-order valence-electron chi connectivity index (χ4n) is 5.26. The third-order valence-electron chi connectivity index (χ3n) is 7.30. The molecule has 0 radical (unpaired) electrons. The van der Waals surface area contributed by atoms with E-state index in [0.717, 1.165) is 45.4 Å². The number of esters is 1. The summed E-state index contributed by atoms with van der Waals surface area (Å²) in [5, 5.41) is -0.892. The molecule has 0 bridgehead atoms. The first-order chi connectivity index (χ1) is 16.0. The van der Waals surface area contributed by atoms with Crippen molar-refractivity contribution in [2.24, 2.45) is 5.41 Å². The summed E-state index contributed by atoms with van der Waals surface area (Å²) < 4.78 is 54.6. The normalized spacial score (nSPS) is 24.5. The third kappa shape index (κ3) is 5.92. The van der Waals surface area contributed by atoms with Crippen LogP contribution in [0, 0.1) is 12.3 Å². The van der Waals surface area contributed by atoms with Crippen LogP contribution >= 0.6 is 0 Å². The molecular formula is C23H35N3O6S2. The van der Waals surface area contributed by atoms with E-state index in [1.165, 1.54) is 15.6 Å². The van der Waals surface area contributed by atoms with Crippen molar-refractivity contribution in [3.8, 4) is 0 Å². The van der Waals surface area contributed by atoms with Gasteiger partial charge in [-0.25, -0.2) is 21.1 Å². The lowest BCUT2D eigenvalue weighted by atomic mass is 9.76. The van der Waals surface area contributed by atoms with Gasteiger partial charge in [-0.05, 0) is 38.3 Å². The van der Waals surface area contributed by atoms with Crippen molar-refractivity contribution in [3.63, 3.8) is 0 Å². The Morgan fingerprint density at radius 2 is 1.59 bits per heavy atom. The maximum atomic E-state index is 12.7. The van der Waals surface area contributed by atoms with Gasteiger partial charge < -0.3 is 9.64 Å². The molecule has 0 aromatic heterocycles. The highest BCUT2D eigenvalue weighted by molar-refractivity contribution is 8.06. The highest BCUT2D eigenvalue weighted by Crippen LogP contribution is 2.44. The fourth-order valence-corrected chi connectivity index (χ4v) is 8.76. The molecule has 9 nitrogen and oxygen atoms in total. The predicted molar refractivity (Wildman–Crippen MR) is 131 cm³/mol. The highest BCUT2D eigenvalue weighted by atomic mass is 32.3. The predicted octanol–water partition coefficient (Wildman–Crippen LogP) is 1.24. The van der Waals surface area contributed by atoms with Crippen LogP contribution in [0.1, 0.15) is 31.2 Å². The van der Waals surface area contributed by atoms with Crippen LogP contribution in [0.15, 0.2) is 24.3 Å². The molecule has 3 saturated heterocycles. The smallest absolute Gasteiger partial charge is 0.312 e. The van der Waals surface area contributed by atoms with Crippen LogP contribution in [0.25, 0.3) is 0 Å². The molecular weight excluding hydrogens is 478 g/mol. The maximum Gasteiger partial charge on any atom is 0.312 e. The zero-order valence-corrected chi connectivity index (χ0v) is 21.6. The van der Waals surface area contributed by atoms with Gasteiger partial charge in [0.15, 0.2) is 14.9 Å². The second kappa shape index (κ2) is 9.75. The van der Waals surface area contributed by atoms with E-state index >= 15 is 0 Å². The SMILES string of the molecule is Cc1ccc(N2CCN(CC[C@H]3CC4(CCN(S(=O)(=O)CS(C)(=O)=O)CC4)C(=O)O3)CC2)cc1. The van der Waals surface area contributed by atoms with Gasteiger partial charge in [-0.3, -0.25) is 9.69 Å². The molecule has 4 rings (SSSR count). The van der Waals surface area contributed by atoms with Gasteiger partial charge in [0.2, 0.25) is 10.0 Å². The summed E-state index contributed by atoms with van der Waals surface area (Å²) in [7, 11) is -7.53. The van der Waals surface area contributed by atoms with Gasteiger partial charge in [0.1, 0.15) is 6.10 Å². The third-order valence-corrected chi connectivity index (χ3v) is 11.4. The summed E-state index contributed by atoms with van der Waals surface area (Å²) in [5.41, 5.74) is 1.86. The molecule has 1 spiro atoms. The zero-order valence-electron chi connectivity index (χ0n) is 20.0. The van der Waals surface area contributed by atoms with E-state index in [1.54, 1.807) is 0 Å². The Kier molecular flexibility index (Phi) is 7.29. The maximum absolute atomic E-state index is 12.7. The largest absolute Gasteiger partial charge is 0.462 e. The molecule has 190 valence electrons. The Balaban J connectivity index is 1.24. The van der Waals surface area contributed by atoms with Gasteiger partial charge >= 0.3 is 5.97 Å². The average Bonchev–Trinajstić information content (AvgIpc) is 3.06. The van der Waals surface area contributed by atoms with Crippen molar-refractivity contribution in [1.29, 1.82) is 0 Å². The van der Waals surface area contributed by atoms with Gasteiger partial charge in [-0.15, -0.1) is 0 Å². The number of cyclic esters (lactones) is 1. The first-order valence-corrected chi connectivity index (χ1v) is 15.5. The molecule has 0 saturated carbocycles. The molecule has 11 heteroatoms. The minimum absolute atomic E-state index is 0.151. The first kappa shape index (κ1) is 25.4. The number of carbonyl (C=O) groups is 1. The van der Waals surface area contributed by atoms with Crippen LogP contribution in [0.2, 0.25) is 0 Å². The lowest BCUT2D eigenvalue weighted by Gasteiger charge is -2.36. The topological polar surface area (TPSA) is 104 Å². The van der Waals surface area contributed by atoms with E-state index in [0.29, 0.717) is 19.3 Å². The van der Waals surface area contributed by atoms with E-state index in [1.807, 2.05) is 0 Å². The molecule has 0 amide bonds. The Bertz CT molecular complexity index is 1090. The van der Waals surface area contributed by atoms with Gasteiger partial charge in [-0.1, -0.05) is 17.7 Å². The number of rotatable bonds is 7. The lowest BCUT2D eigenvalue weighted by Crippen LogP contribution is -2.47. The Morgan fingerprint density at radius 1 is 0.971 bits per heavy atom. The summed E-state index contributed by atoms with van der Waals surface area (Å²) in [6.07, 6.45) is 2.89. The summed E-state index contributed by atoms with van der Waals surface area (Å²) in [5.74, 6) is -0.234. The number of carbonyl (C=O) groups excluding carboxylic acids is 1. The number of ether oxygens (including phenoxy) is 1. The number of piperidine rings is 1. The molecule has 3 heterocycles. The molecule has 3 aliphatic heterocycles. The second-order valence-electron chi connectivity index (χ2n) is 10.0. The number of hydrogen-bond donors (Lipinski definition) is 0. The first-order valence-electron chi connectivity index (χ1n) is 11.9. The van der Waals surface area contributed by atoms with Crippen LogP contribution < -0.4 is 4.90 Å². The van der Waals surface area contributed by atoms with Gasteiger partial charge in [0, 0.05) is 64.2 Å². The van der Waals surface area contributed by atoms with Crippen molar-refractivity contribution < 1.29 is 26.4 Å². The number of sulfonamides is 1. The molecule has 0 N–H and O–H groups in total. The second-order valence-corrected chi connectivity index (χ2v) is 14.5. The lowest BCUT2D eigenvalue weighted by molar-refractivity contribution is -0.150. The van der Waals surface area contributed by atoms with E-state index in [9.17, 15) is 21.6 Å².